The summed E-state index contributed by atoms with van der Waals surface area (Å²) in [7, 11) is -2.30. The Labute approximate surface area is 332 Å². The second kappa shape index (κ2) is 22.2. The average molecular weight is 792 g/mol. The van der Waals surface area contributed by atoms with Crippen LogP contribution in [0.3, 0.4) is 0 Å². The quantitative estimate of drug-likeness (QED) is 0.0327. The molecule has 0 saturated carbocycles. The SMILES string of the molecule is CCCCCCCC1(CCCCCC/C=C/[C@H](C(=O)N[C@@H](Cc2ccc(O)cc2)C(=O)O)[C@@](O)(CCO[Si](C)(C)C(C)(C)C)C(=O)OC(C)(C)C)OCCO1. The summed E-state index contributed by atoms with van der Waals surface area (Å²) < 4.78 is 24.2. The predicted octanol–water partition coefficient (Wildman–Crippen LogP) is 8.61. The lowest BCUT2D eigenvalue weighted by Crippen LogP contribution is -2.56. The fourth-order valence-corrected chi connectivity index (χ4v) is 7.42. The normalized spacial score (nSPS) is 17.1. The van der Waals surface area contributed by atoms with Crippen LogP contribution in [0, 0.1) is 5.92 Å². The van der Waals surface area contributed by atoms with Crippen molar-refractivity contribution in [2.75, 3.05) is 19.8 Å². The fraction of sp³-hybridized carbons (Fsp3) is 0.744. The number of aliphatic carboxylic acids is 1. The molecule has 1 aliphatic rings. The summed E-state index contributed by atoms with van der Waals surface area (Å²) in [6.07, 6.45) is 15.0. The summed E-state index contributed by atoms with van der Waals surface area (Å²) in [6, 6.07) is 4.66. The van der Waals surface area contributed by atoms with Crippen LogP contribution in [0.25, 0.3) is 0 Å². The Morgan fingerprint density at radius 3 is 2.00 bits per heavy atom. The van der Waals surface area contributed by atoms with Crippen LogP contribution in [0.2, 0.25) is 18.1 Å². The molecule has 1 aromatic carbocycles. The van der Waals surface area contributed by atoms with Gasteiger partial charge in [0.25, 0.3) is 0 Å². The van der Waals surface area contributed by atoms with Crippen LogP contribution in [0.5, 0.6) is 5.75 Å². The molecule has 0 aromatic heterocycles. The highest BCUT2D eigenvalue weighted by atomic mass is 28.4. The number of aromatic hydroxyl groups is 1. The molecule has 1 aromatic rings. The zero-order valence-electron chi connectivity index (χ0n) is 35.3. The third kappa shape index (κ3) is 16.7. The van der Waals surface area contributed by atoms with Gasteiger partial charge in [0.1, 0.15) is 17.4 Å². The van der Waals surface area contributed by atoms with E-state index >= 15 is 0 Å². The number of rotatable bonds is 25. The van der Waals surface area contributed by atoms with E-state index < -0.39 is 55.1 Å². The zero-order chi connectivity index (χ0) is 41.3. The first-order chi connectivity index (χ1) is 25.6. The van der Waals surface area contributed by atoms with Gasteiger partial charge in [-0.3, -0.25) is 4.79 Å². The highest BCUT2D eigenvalue weighted by Gasteiger charge is 2.50. The van der Waals surface area contributed by atoms with E-state index in [-0.39, 0.29) is 30.2 Å². The largest absolute Gasteiger partial charge is 0.508 e. The van der Waals surface area contributed by atoms with Crippen LogP contribution in [0.15, 0.2) is 36.4 Å². The third-order valence-corrected chi connectivity index (χ3v) is 15.3. The van der Waals surface area contributed by atoms with Gasteiger partial charge in [0.2, 0.25) is 5.91 Å². The molecule has 3 atom stereocenters. The first-order valence-corrected chi connectivity index (χ1v) is 23.4. The number of carbonyl (C=O) groups excluding carboxylic acids is 2. The molecule has 4 N–H and O–H groups in total. The number of amides is 1. The van der Waals surface area contributed by atoms with Gasteiger partial charge in [-0.05, 0) is 82.3 Å². The third-order valence-electron chi connectivity index (χ3n) is 10.8. The number of unbranched alkanes of at least 4 members (excludes halogenated alkanes) is 8. The number of carbonyl (C=O) groups is 3. The number of ether oxygens (including phenoxy) is 3. The minimum Gasteiger partial charge on any atom is -0.508 e. The van der Waals surface area contributed by atoms with E-state index in [4.69, 9.17) is 18.6 Å². The van der Waals surface area contributed by atoms with Gasteiger partial charge in [-0.1, -0.05) is 90.5 Å². The summed E-state index contributed by atoms with van der Waals surface area (Å²) in [6.45, 7) is 18.9. The minimum atomic E-state index is -2.36. The molecule has 1 fully saturated rings. The number of nitrogens with one attached hydrogen (secondary N) is 1. The molecule has 0 radical (unpaired) electrons. The molecule has 1 saturated heterocycles. The highest BCUT2D eigenvalue weighted by molar-refractivity contribution is 6.74. The Morgan fingerprint density at radius 1 is 0.909 bits per heavy atom. The highest BCUT2D eigenvalue weighted by Crippen LogP contribution is 2.38. The number of hydrogen-bond donors (Lipinski definition) is 4. The Morgan fingerprint density at radius 2 is 1.47 bits per heavy atom. The minimum absolute atomic E-state index is 0.00657. The fourth-order valence-electron chi connectivity index (χ4n) is 6.37. The standard InChI is InChI=1S/C43H73NO10Si/c1-10-11-12-16-19-26-42(51-30-31-52-42)27-20-17-14-13-15-18-21-35(37(46)44-36(38(47)48)32-33-22-24-34(45)25-23-33)43(50,39(49)54-40(2,3)4)28-29-53-55(8,9)41(5,6)7/h18,21-25,35-36,45,50H,10-17,19-20,26-32H2,1-9H3,(H,44,46)(H,47,48)/b21-18+/t35-,36+,43+/m1/s1. The number of hydrogen-bond acceptors (Lipinski definition) is 9. The molecule has 0 spiro atoms. The van der Waals surface area contributed by atoms with Crippen LogP contribution in [0.4, 0.5) is 0 Å². The Kier molecular flexibility index (Phi) is 19.6. The molecule has 12 heteroatoms. The van der Waals surface area contributed by atoms with Crippen molar-refractivity contribution in [2.45, 2.75) is 180 Å². The first-order valence-electron chi connectivity index (χ1n) is 20.5. The van der Waals surface area contributed by atoms with Gasteiger partial charge in [-0.25, -0.2) is 9.59 Å². The van der Waals surface area contributed by atoms with Gasteiger partial charge in [-0.2, -0.15) is 0 Å². The number of phenols is 1. The van der Waals surface area contributed by atoms with E-state index in [1.54, 1.807) is 39.0 Å². The van der Waals surface area contributed by atoms with Crippen molar-refractivity contribution in [1.29, 1.82) is 0 Å². The Hall–Kier alpha value is -2.77. The lowest BCUT2D eigenvalue weighted by Gasteiger charge is -2.38. The van der Waals surface area contributed by atoms with E-state index in [1.807, 2.05) is 0 Å². The molecule has 11 nitrogen and oxygen atoms in total. The molecule has 1 heterocycles. The lowest BCUT2D eigenvalue weighted by atomic mass is 9.82. The number of aliphatic hydroxyl groups is 1. The number of carboxylic acid groups (broad SMARTS) is 1. The monoisotopic (exact) mass is 792 g/mol. The molecule has 1 amide bonds. The van der Waals surface area contributed by atoms with E-state index in [9.17, 15) is 29.7 Å². The molecule has 55 heavy (non-hydrogen) atoms. The van der Waals surface area contributed by atoms with Gasteiger partial charge < -0.3 is 39.3 Å². The smallest absolute Gasteiger partial charge is 0.339 e. The summed E-state index contributed by atoms with van der Waals surface area (Å²) in [5.74, 6) is -4.99. The van der Waals surface area contributed by atoms with Gasteiger partial charge in [0, 0.05) is 32.3 Å². The van der Waals surface area contributed by atoms with Crippen LogP contribution < -0.4 is 5.32 Å². The number of esters is 1. The summed E-state index contributed by atoms with van der Waals surface area (Å²) in [5.41, 5.74) is -2.75. The first kappa shape index (κ1) is 48.4. The van der Waals surface area contributed by atoms with Gasteiger partial charge in [0.05, 0.1) is 19.1 Å². The average Bonchev–Trinajstić information content (AvgIpc) is 3.55. The molecule has 314 valence electrons. The molecule has 2 rings (SSSR count). The summed E-state index contributed by atoms with van der Waals surface area (Å²) in [5, 5.41) is 34.5. The Balaban J connectivity index is 2.24. The van der Waals surface area contributed by atoms with Crippen molar-refractivity contribution in [2.24, 2.45) is 5.92 Å². The van der Waals surface area contributed by atoms with Crippen LogP contribution in [0.1, 0.15) is 138 Å². The molecule has 0 unspecified atom stereocenters. The summed E-state index contributed by atoms with van der Waals surface area (Å²) in [4.78, 5) is 40.4. The van der Waals surface area contributed by atoms with Crippen LogP contribution >= 0.6 is 0 Å². The van der Waals surface area contributed by atoms with Crippen LogP contribution in [-0.2, 0) is 39.4 Å². The lowest BCUT2D eigenvalue weighted by molar-refractivity contribution is -0.185. The van der Waals surface area contributed by atoms with E-state index in [0.29, 0.717) is 25.2 Å². The van der Waals surface area contributed by atoms with Crippen molar-refractivity contribution in [3.63, 3.8) is 0 Å². The molecule has 1 aliphatic heterocycles. The van der Waals surface area contributed by atoms with E-state index in [1.165, 1.54) is 43.9 Å². The molecular formula is C43H73NO10Si. The van der Waals surface area contributed by atoms with Gasteiger partial charge in [0.15, 0.2) is 19.7 Å². The second-order valence-electron chi connectivity index (χ2n) is 17.7. The maximum absolute atomic E-state index is 14.1. The molecule has 0 bridgehead atoms. The number of allylic oxidation sites excluding steroid dienone is 1. The van der Waals surface area contributed by atoms with E-state index in [0.717, 1.165) is 44.9 Å². The topological polar surface area (TPSA) is 161 Å². The number of benzene rings is 1. The van der Waals surface area contributed by atoms with Crippen molar-refractivity contribution in [3.05, 3.63) is 42.0 Å². The number of carboxylic acids is 1. The van der Waals surface area contributed by atoms with Gasteiger partial charge in [-0.15, -0.1) is 0 Å². The number of phenolic OH excluding ortho intramolecular Hbond substituents is 1. The molecular weight excluding hydrogens is 719 g/mol. The maximum atomic E-state index is 14.1. The maximum Gasteiger partial charge on any atom is 0.339 e. The van der Waals surface area contributed by atoms with Crippen molar-refractivity contribution >= 4 is 26.2 Å². The zero-order valence-corrected chi connectivity index (χ0v) is 36.3. The van der Waals surface area contributed by atoms with Crippen LogP contribution in [-0.4, -0.2) is 84.3 Å². The van der Waals surface area contributed by atoms with Gasteiger partial charge >= 0.3 is 11.9 Å². The van der Waals surface area contributed by atoms with Crippen molar-refractivity contribution in [1.82, 2.24) is 5.32 Å². The summed E-state index contributed by atoms with van der Waals surface area (Å²) >= 11 is 0. The second-order valence-corrected chi connectivity index (χ2v) is 22.5. The predicted molar refractivity (Wildman–Crippen MR) is 218 cm³/mol. The Bertz CT molecular complexity index is 1340. The molecule has 0 aliphatic carbocycles. The van der Waals surface area contributed by atoms with E-state index in [2.05, 4.69) is 46.1 Å². The van der Waals surface area contributed by atoms with Crippen molar-refractivity contribution < 1.29 is 48.3 Å². The van der Waals surface area contributed by atoms with Crippen molar-refractivity contribution in [3.8, 4) is 5.75 Å².